The second kappa shape index (κ2) is 4.64. The molecule has 0 saturated heterocycles. The molecule has 0 aliphatic rings. The van der Waals surface area contributed by atoms with E-state index in [1.165, 1.54) is 14.1 Å². The highest BCUT2D eigenvalue weighted by atomic mass is 19.1. The highest BCUT2D eigenvalue weighted by Crippen LogP contribution is 1.98. The fourth-order valence-corrected chi connectivity index (χ4v) is 0.417. The summed E-state index contributed by atoms with van der Waals surface area (Å²) >= 11 is 0. The van der Waals surface area contributed by atoms with Gasteiger partial charge in [-0.15, -0.1) is 0 Å². The van der Waals surface area contributed by atoms with Crippen molar-refractivity contribution < 1.29 is 8.78 Å². The van der Waals surface area contributed by atoms with Gasteiger partial charge in [0.1, 0.15) is 0 Å². The molecule has 0 aromatic carbocycles. The smallest absolute Gasteiger partial charge is 0.155 e. The molecule has 2 N–H and O–H groups in total. The number of hydrogen-bond acceptors (Lipinski definition) is 2. The zero-order valence-corrected chi connectivity index (χ0v) is 5.62. The average Bonchev–Trinajstić information content (AvgIpc) is 1.87. The monoisotopic (exact) mass is 138 g/mol. The van der Waals surface area contributed by atoms with E-state index in [1.807, 2.05) is 0 Å². The van der Waals surface area contributed by atoms with Crippen molar-refractivity contribution >= 4 is 0 Å². The summed E-state index contributed by atoms with van der Waals surface area (Å²) in [5.41, 5.74) is 0. The lowest BCUT2D eigenvalue weighted by molar-refractivity contribution is 0.178. The van der Waals surface area contributed by atoms with Crippen LogP contribution in [0.5, 0.6) is 0 Å². The van der Waals surface area contributed by atoms with Crippen molar-refractivity contribution in [2.75, 3.05) is 14.1 Å². The first-order chi connectivity index (χ1) is 4.20. The predicted octanol–water partition coefficient (Wildman–Crippen LogP) is 0.406. The van der Waals surface area contributed by atoms with Crippen molar-refractivity contribution in [1.29, 1.82) is 0 Å². The van der Waals surface area contributed by atoms with E-state index in [0.29, 0.717) is 0 Å². The zero-order valence-electron chi connectivity index (χ0n) is 5.62. The molecule has 0 rings (SSSR count). The van der Waals surface area contributed by atoms with Gasteiger partial charge in [-0.2, -0.15) is 0 Å². The maximum Gasteiger partial charge on any atom is 0.155 e. The van der Waals surface area contributed by atoms with Gasteiger partial charge < -0.3 is 0 Å². The topological polar surface area (TPSA) is 24.1 Å². The number of nitrogens with one attached hydrogen (secondary N) is 2. The molecule has 0 heterocycles. The van der Waals surface area contributed by atoms with Crippen LogP contribution in [-0.4, -0.2) is 26.7 Å². The molecule has 0 saturated carbocycles. The highest BCUT2D eigenvalue weighted by Gasteiger charge is 2.09. The normalized spacial score (nSPS) is 17.3. The van der Waals surface area contributed by atoms with E-state index >= 15 is 0 Å². The number of hydrogen-bond donors (Lipinski definition) is 2. The minimum Gasteiger partial charge on any atom is -0.291 e. The van der Waals surface area contributed by atoms with Crippen molar-refractivity contribution in [1.82, 2.24) is 10.6 Å². The lowest BCUT2D eigenvalue weighted by atomic mass is 10.4. The van der Waals surface area contributed by atoms with Gasteiger partial charge in [0, 0.05) is 6.42 Å². The Balaban J connectivity index is 3.22. The second-order valence-corrected chi connectivity index (χ2v) is 1.75. The summed E-state index contributed by atoms with van der Waals surface area (Å²) in [7, 11) is 2.90. The Hall–Kier alpha value is -0.220. The molecule has 0 aliphatic carbocycles. The summed E-state index contributed by atoms with van der Waals surface area (Å²) in [6.45, 7) is 0. The van der Waals surface area contributed by atoms with Crippen LogP contribution in [-0.2, 0) is 0 Å². The molecule has 0 bridgehead atoms. The molecule has 0 spiro atoms. The molecule has 4 heteroatoms. The van der Waals surface area contributed by atoms with Gasteiger partial charge in [-0.05, 0) is 14.1 Å². The van der Waals surface area contributed by atoms with Crippen LogP contribution < -0.4 is 10.6 Å². The quantitative estimate of drug-likeness (QED) is 0.550. The van der Waals surface area contributed by atoms with Gasteiger partial charge in [0.05, 0.1) is 0 Å². The Morgan fingerprint density at radius 2 is 1.44 bits per heavy atom. The maximum absolute atomic E-state index is 12.2. The standard InChI is InChI=1S/C5H12F2N2/c1-8-4(6)3-5(7)9-2/h4-5,8-9H,3H2,1-2H3. The Kier molecular flexibility index (Phi) is 4.53. The molecule has 0 radical (unpaired) electrons. The molecule has 0 amide bonds. The van der Waals surface area contributed by atoms with E-state index in [2.05, 4.69) is 10.6 Å². The average molecular weight is 138 g/mol. The van der Waals surface area contributed by atoms with Crippen molar-refractivity contribution in [3.05, 3.63) is 0 Å². The van der Waals surface area contributed by atoms with E-state index in [0.717, 1.165) is 0 Å². The Morgan fingerprint density at radius 1 is 1.11 bits per heavy atom. The number of halogens is 2. The van der Waals surface area contributed by atoms with Gasteiger partial charge in [-0.3, -0.25) is 10.6 Å². The summed E-state index contributed by atoms with van der Waals surface area (Å²) in [6, 6.07) is 0. The molecule has 0 fully saturated rings. The predicted molar refractivity (Wildman–Crippen MR) is 32.5 cm³/mol. The summed E-state index contributed by atoms with van der Waals surface area (Å²) in [5.74, 6) is 0. The first-order valence-electron chi connectivity index (χ1n) is 2.83. The molecule has 2 nitrogen and oxygen atoms in total. The minimum absolute atomic E-state index is 0.146. The maximum atomic E-state index is 12.2. The molecule has 9 heavy (non-hydrogen) atoms. The van der Waals surface area contributed by atoms with Gasteiger partial charge in [0.25, 0.3) is 0 Å². The van der Waals surface area contributed by atoms with Crippen LogP contribution in [0.3, 0.4) is 0 Å². The summed E-state index contributed by atoms with van der Waals surface area (Å²) < 4.78 is 24.4. The van der Waals surface area contributed by atoms with Crippen LogP contribution >= 0.6 is 0 Å². The number of rotatable bonds is 4. The van der Waals surface area contributed by atoms with Crippen LogP contribution in [0.15, 0.2) is 0 Å². The van der Waals surface area contributed by atoms with Crippen LogP contribution in [0, 0.1) is 0 Å². The SMILES string of the molecule is CNC(F)CC(F)NC. The fraction of sp³-hybridized carbons (Fsp3) is 1.00. The zero-order chi connectivity index (χ0) is 7.28. The van der Waals surface area contributed by atoms with Crippen molar-refractivity contribution in [2.24, 2.45) is 0 Å². The first kappa shape index (κ1) is 8.78. The van der Waals surface area contributed by atoms with Crippen LogP contribution in [0.1, 0.15) is 6.42 Å². The van der Waals surface area contributed by atoms with E-state index in [1.54, 1.807) is 0 Å². The molecule has 0 aliphatic heterocycles. The Labute approximate surface area is 53.6 Å². The lowest BCUT2D eigenvalue weighted by Crippen LogP contribution is -2.29. The van der Waals surface area contributed by atoms with Gasteiger partial charge >= 0.3 is 0 Å². The Morgan fingerprint density at radius 3 is 1.67 bits per heavy atom. The molecule has 0 aromatic rings. The second-order valence-electron chi connectivity index (χ2n) is 1.75. The molecule has 0 aromatic heterocycles. The third kappa shape index (κ3) is 4.29. The fourth-order valence-electron chi connectivity index (χ4n) is 0.417. The number of alkyl halides is 2. The Bertz CT molecular complexity index is 62.0. The van der Waals surface area contributed by atoms with E-state index in [9.17, 15) is 8.78 Å². The molecule has 56 valence electrons. The van der Waals surface area contributed by atoms with Crippen molar-refractivity contribution in [2.45, 2.75) is 19.0 Å². The summed E-state index contributed by atoms with van der Waals surface area (Å²) in [4.78, 5) is 0. The van der Waals surface area contributed by atoms with Crippen LogP contribution in [0.25, 0.3) is 0 Å². The van der Waals surface area contributed by atoms with Gasteiger partial charge in [-0.1, -0.05) is 0 Å². The largest absolute Gasteiger partial charge is 0.291 e. The van der Waals surface area contributed by atoms with Gasteiger partial charge in [0.2, 0.25) is 0 Å². The first-order valence-corrected chi connectivity index (χ1v) is 2.83. The third-order valence-corrected chi connectivity index (χ3v) is 1.04. The lowest BCUT2D eigenvalue weighted by Gasteiger charge is -2.09. The van der Waals surface area contributed by atoms with E-state index in [4.69, 9.17) is 0 Å². The minimum atomic E-state index is -1.26. The summed E-state index contributed by atoms with van der Waals surface area (Å²) in [6.07, 6.45) is -2.66. The highest BCUT2D eigenvalue weighted by molar-refractivity contribution is 4.55. The van der Waals surface area contributed by atoms with Crippen molar-refractivity contribution in [3.8, 4) is 0 Å². The van der Waals surface area contributed by atoms with Crippen LogP contribution in [0.4, 0.5) is 8.78 Å². The molecule has 2 unspecified atom stereocenters. The molecule has 2 atom stereocenters. The molecular formula is C5H12F2N2. The van der Waals surface area contributed by atoms with Crippen LogP contribution in [0.2, 0.25) is 0 Å². The summed E-state index contributed by atoms with van der Waals surface area (Å²) in [5, 5.41) is 4.57. The molecular weight excluding hydrogens is 126 g/mol. The third-order valence-electron chi connectivity index (χ3n) is 1.04. The van der Waals surface area contributed by atoms with Gasteiger partial charge in [0.15, 0.2) is 12.6 Å². The van der Waals surface area contributed by atoms with E-state index < -0.39 is 12.6 Å². The van der Waals surface area contributed by atoms with Crippen molar-refractivity contribution in [3.63, 3.8) is 0 Å². The van der Waals surface area contributed by atoms with Gasteiger partial charge in [-0.25, -0.2) is 8.78 Å². The van der Waals surface area contributed by atoms with E-state index in [-0.39, 0.29) is 6.42 Å².